The molecule has 0 bridgehead atoms. The second-order valence-electron chi connectivity index (χ2n) is 9.59. The Kier molecular flexibility index (Phi) is 10.1. The Labute approximate surface area is 284 Å². The molecule has 0 unspecified atom stereocenters. The van der Waals surface area contributed by atoms with Crippen molar-refractivity contribution in [2.75, 3.05) is 14.2 Å². The Bertz CT molecular complexity index is 2030. The third kappa shape index (κ3) is 6.94. The van der Waals surface area contributed by atoms with Gasteiger partial charge in [-0.05, 0) is 58.4 Å². The fourth-order valence-corrected chi connectivity index (χ4v) is 6.23. The van der Waals surface area contributed by atoms with Gasteiger partial charge >= 0.3 is 11.9 Å². The van der Waals surface area contributed by atoms with Crippen LogP contribution in [0.1, 0.15) is 33.3 Å². The number of nitrogens with one attached hydrogen (secondary N) is 2. The van der Waals surface area contributed by atoms with Crippen LogP contribution in [0.15, 0.2) is 86.8 Å². The number of para-hydroxylation sites is 1. The van der Waals surface area contributed by atoms with Crippen molar-refractivity contribution in [1.82, 2.24) is 10.4 Å². The van der Waals surface area contributed by atoms with E-state index in [1.54, 1.807) is 37.4 Å². The summed E-state index contributed by atoms with van der Waals surface area (Å²) in [6.07, 6.45) is 1.35. The first kappa shape index (κ1) is 32.7. The molecule has 13 heteroatoms. The van der Waals surface area contributed by atoms with Crippen LogP contribution in [0.4, 0.5) is 0 Å². The largest absolute Gasteiger partial charge is 0.495 e. The van der Waals surface area contributed by atoms with Crippen LogP contribution in [0.25, 0.3) is 22.0 Å². The number of esters is 2. The van der Waals surface area contributed by atoms with E-state index in [9.17, 15) is 14.4 Å². The quantitative estimate of drug-likeness (QED) is 0.0675. The van der Waals surface area contributed by atoms with Gasteiger partial charge in [-0.25, -0.2) is 10.2 Å². The molecule has 0 saturated heterocycles. The minimum Gasteiger partial charge on any atom is -0.495 e. The van der Waals surface area contributed by atoms with Crippen LogP contribution < -0.4 is 24.4 Å². The van der Waals surface area contributed by atoms with Gasteiger partial charge in [-0.15, -0.1) is 0 Å². The third-order valence-corrected chi connectivity index (χ3v) is 8.02. The normalized spacial score (nSPS) is 11.0. The number of hydrazone groups is 1. The lowest BCUT2D eigenvalue weighted by molar-refractivity contribution is -0.132. The molecule has 0 fully saturated rings. The lowest BCUT2D eigenvalue weighted by Gasteiger charge is -2.12. The van der Waals surface area contributed by atoms with Crippen LogP contribution >= 0.6 is 43.5 Å². The average Bonchev–Trinajstić information content (AvgIpc) is 3.42. The molecule has 4 aromatic carbocycles. The number of fused-ring (bicyclic) bond motifs is 1. The molecule has 0 aliphatic carbocycles. The highest BCUT2D eigenvalue weighted by Gasteiger charge is 2.23. The number of hydrogen-bond acceptors (Lipinski definition) is 8. The predicted molar refractivity (Wildman–Crippen MR) is 181 cm³/mol. The highest BCUT2D eigenvalue weighted by atomic mass is 79.9. The Hall–Kier alpha value is -4.65. The molecule has 1 heterocycles. The molecular weight excluding hydrogens is 746 g/mol. The molecule has 10 nitrogen and oxygen atoms in total. The summed E-state index contributed by atoms with van der Waals surface area (Å²) >= 11 is 13.4. The molecule has 0 aliphatic rings. The molecule has 0 atom stereocenters. The summed E-state index contributed by atoms with van der Waals surface area (Å²) in [5, 5.41) is 5.37. The van der Waals surface area contributed by atoms with Gasteiger partial charge in [0.25, 0.3) is 5.91 Å². The smallest absolute Gasteiger partial charge is 0.343 e. The summed E-state index contributed by atoms with van der Waals surface area (Å²) in [5.41, 5.74) is 5.13. The number of aromatic amines is 1. The molecule has 0 aliphatic heterocycles. The van der Waals surface area contributed by atoms with E-state index in [1.807, 2.05) is 24.3 Å². The molecule has 2 N–H and O–H groups in total. The van der Waals surface area contributed by atoms with Gasteiger partial charge in [0.2, 0.25) is 0 Å². The molecule has 234 valence electrons. The number of halogens is 3. The standard InChI is InChI=1S/C33H24Br2ClN3O7/c1-17(40)45-25-12-11-18(14-27(25)44-3)33(42)46-31-19(13-20(34)15-23(31)35)16-37-39-32(41)30-28(21-7-4-5-9-24(21)36)22-8-6-10-26(43-2)29(22)38-30/h4-16,38H,1-3H3,(H,39,41). The first-order chi connectivity index (χ1) is 22.1. The summed E-state index contributed by atoms with van der Waals surface area (Å²) < 4.78 is 22.7. The minimum atomic E-state index is -0.717. The van der Waals surface area contributed by atoms with E-state index < -0.39 is 17.8 Å². The lowest BCUT2D eigenvalue weighted by Crippen LogP contribution is -2.19. The molecule has 5 aromatic rings. The summed E-state index contributed by atoms with van der Waals surface area (Å²) in [6, 6.07) is 20.3. The van der Waals surface area contributed by atoms with Gasteiger partial charge in [0, 0.05) is 38.5 Å². The van der Waals surface area contributed by atoms with Gasteiger partial charge in [0.1, 0.15) is 11.4 Å². The number of ether oxygens (including phenoxy) is 4. The van der Waals surface area contributed by atoms with Crippen molar-refractivity contribution >= 4 is 78.4 Å². The van der Waals surface area contributed by atoms with Crippen molar-refractivity contribution < 1.29 is 33.3 Å². The van der Waals surface area contributed by atoms with E-state index in [2.05, 4.69) is 47.4 Å². The van der Waals surface area contributed by atoms with Gasteiger partial charge in [-0.2, -0.15) is 5.10 Å². The van der Waals surface area contributed by atoms with Crippen LogP contribution in [-0.4, -0.2) is 43.3 Å². The number of methoxy groups -OCH3 is 2. The fourth-order valence-electron chi connectivity index (χ4n) is 4.66. The maximum Gasteiger partial charge on any atom is 0.343 e. The lowest BCUT2D eigenvalue weighted by atomic mass is 10.0. The number of aromatic nitrogens is 1. The number of H-pyrrole nitrogens is 1. The predicted octanol–water partition coefficient (Wildman–Crippen LogP) is 7.94. The molecule has 1 aromatic heterocycles. The average molecular weight is 770 g/mol. The van der Waals surface area contributed by atoms with E-state index in [0.29, 0.717) is 41.9 Å². The van der Waals surface area contributed by atoms with Gasteiger partial charge in [-0.1, -0.05) is 57.9 Å². The maximum atomic E-state index is 13.6. The van der Waals surface area contributed by atoms with Crippen molar-refractivity contribution in [2.24, 2.45) is 5.10 Å². The van der Waals surface area contributed by atoms with Gasteiger partial charge in [-0.3, -0.25) is 9.59 Å². The van der Waals surface area contributed by atoms with E-state index >= 15 is 0 Å². The molecule has 0 spiro atoms. The number of nitrogens with zero attached hydrogens (tertiary/aromatic N) is 1. The second-order valence-corrected chi connectivity index (χ2v) is 11.8. The zero-order chi connectivity index (χ0) is 33.0. The summed E-state index contributed by atoms with van der Waals surface area (Å²) in [7, 11) is 2.93. The van der Waals surface area contributed by atoms with Crippen molar-refractivity contribution in [3.63, 3.8) is 0 Å². The number of rotatable bonds is 9. The number of benzene rings is 4. The number of hydrogen-bond donors (Lipinski definition) is 2. The van der Waals surface area contributed by atoms with Crippen molar-refractivity contribution in [2.45, 2.75) is 6.92 Å². The molecular formula is C33H24Br2ClN3O7. The monoisotopic (exact) mass is 767 g/mol. The van der Waals surface area contributed by atoms with E-state index in [-0.39, 0.29) is 28.5 Å². The fraction of sp³-hybridized carbons (Fsp3) is 0.0909. The number of carbonyl (C=O) groups excluding carboxylic acids is 3. The van der Waals surface area contributed by atoms with Gasteiger partial charge in [0.05, 0.1) is 36.0 Å². The van der Waals surface area contributed by atoms with Crippen molar-refractivity contribution in [3.8, 4) is 34.1 Å². The zero-order valence-electron chi connectivity index (χ0n) is 24.4. The summed E-state index contributed by atoms with van der Waals surface area (Å²) in [6.45, 7) is 1.26. The Balaban J connectivity index is 1.44. The second kappa shape index (κ2) is 14.2. The molecule has 0 radical (unpaired) electrons. The van der Waals surface area contributed by atoms with Gasteiger partial charge in [0.15, 0.2) is 17.2 Å². The Morgan fingerprint density at radius 1 is 0.891 bits per heavy atom. The first-order valence-electron chi connectivity index (χ1n) is 13.5. The molecule has 46 heavy (non-hydrogen) atoms. The minimum absolute atomic E-state index is 0.139. The van der Waals surface area contributed by atoms with Crippen molar-refractivity contribution in [3.05, 3.63) is 104 Å². The summed E-state index contributed by atoms with van der Waals surface area (Å²) in [5.74, 6) is -0.768. The molecule has 5 rings (SSSR count). The van der Waals surface area contributed by atoms with Crippen LogP contribution in [0.5, 0.6) is 23.0 Å². The van der Waals surface area contributed by atoms with Crippen LogP contribution in [-0.2, 0) is 4.79 Å². The first-order valence-corrected chi connectivity index (χ1v) is 15.4. The Morgan fingerprint density at radius 2 is 1.65 bits per heavy atom. The summed E-state index contributed by atoms with van der Waals surface area (Å²) in [4.78, 5) is 41.3. The topological polar surface area (TPSA) is 128 Å². The van der Waals surface area contributed by atoms with Crippen LogP contribution in [0, 0.1) is 0 Å². The highest BCUT2D eigenvalue weighted by molar-refractivity contribution is 9.11. The van der Waals surface area contributed by atoms with Gasteiger partial charge < -0.3 is 23.9 Å². The molecule has 1 amide bonds. The van der Waals surface area contributed by atoms with Crippen LogP contribution in [0.3, 0.4) is 0 Å². The number of amides is 1. The van der Waals surface area contributed by atoms with E-state index in [1.165, 1.54) is 38.4 Å². The maximum absolute atomic E-state index is 13.6. The van der Waals surface area contributed by atoms with Crippen molar-refractivity contribution in [1.29, 1.82) is 0 Å². The molecule has 0 saturated carbocycles. The SMILES string of the molecule is COc1cc(C(=O)Oc2c(Br)cc(Br)cc2C=NNC(=O)c2[nH]c3c(OC)cccc3c2-c2ccccc2Cl)ccc1OC(C)=O. The van der Waals surface area contributed by atoms with E-state index in [0.717, 1.165) is 5.39 Å². The Morgan fingerprint density at radius 3 is 2.37 bits per heavy atom. The number of carbonyl (C=O) groups is 3. The zero-order valence-corrected chi connectivity index (χ0v) is 28.4. The third-order valence-electron chi connectivity index (χ3n) is 6.64. The highest BCUT2D eigenvalue weighted by Crippen LogP contribution is 2.39. The van der Waals surface area contributed by atoms with Crippen LogP contribution in [0.2, 0.25) is 5.02 Å². The van der Waals surface area contributed by atoms with E-state index in [4.69, 9.17) is 30.5 Å².